The topological polar surface area (TPSA) is 29.9 Å². The van der Waals surface area contributed by atoms with Gasteiger partial charge in [0.25, 0.3) is 0 Å². The molecule has 0 bridgehead atoms. The van der Waals surface area contributed by atoms with Gasteiger partial charge in [0.15, 0.2) is 0 Å². The van der Waals surface area contributed by atoms with Gasteiger partial charge < -0.3 is 5.32 Å². The Kier molecular flexibility index (Phi) is 3.90. The van der Waals surface area contributed by atoms with Gasteiger partial charge in [0.2, 0.25) is 5.95 Å². The third-order valence-electron chi connectivity index (χ3n) is 3.93. The van der Waals surface area contributed by atoms with E-state index in [1.54, 1.807) is 10.8 Å². The summed E-state index contributed by atoms with van der Waals surface area (Å²) in [6, 6.07) is 3.98. The highest BCUT2D eigenvalue weighted by Gasteiger charge is 2.18. The van der Waals surface area contributed by atoms with E-state index in [-0.39, 0.29) is 0 Å². The molecule has 112 valence electrons. The molecule has 3 nitrogen and oxygen atoms in total. The Bertz CT molecular complexity index is 630. The fourth-order valence-corrected chi connectivity index (χ4v) is 2.89. The average Bonchev–Trinajstić information content (AvgIpc) is 2.80. The fourth-order valence-electron chi connectivity index (χ4n) is 2.89. The molecule has 0 amide bonds. The van der Waals surface area contributed by atoms with Crippen molar-refractivity contribution < 1.29 is 8.78 Å². The van der Waals surface area contributed by atoms with Crippen LogP contribution in [0.15, 0.2) is 24.4 Å². The monoisotopic (exact) mass is 291 g/mol. The number of halogens is 2. The van der Waals surface area contributed by atoms with Crippen molar-refractivity contribution in [2.45, 2.75) is 45.1 Å². The maximum Gasteiger partial charge on any atom is 0.208 e. The zero-order valence-corrected chi connectivity index (χ0v) is 12.1. The lowest BCUT2D eigenvalue weighted by Crippen LogP contribution is -2.24. The van der Waals surface area contributed by atoms with Gasteiger partial charge in [-0.3, -0.25) is 4.57 Å². The second-order valence-electron chi connectivity index (χ2n) is 5.65. The molecule has 1 aromatic carbocycles. The van der Waals surface area contributed by atoms with E-state index in [1.807, 2.05) is 6.92 Å². The molecule has 0 radical (unpaired) electrons. The minimum Gasteiger partial charge on any atom is -0.353 e. The van der Waals surface area contributed by atoms with Crippen LogP contribution in [0.1, 0.15) is 37.8 Å². The van der Waals surface area contributed by atoms with Crippen LogP contribution in [-0.4, -0.2) is 15.6 Å². The van der Waals surface area contributed by atoms with Crippen LogP contribution in [0, 0.1) is 18.6 Å². The Morgan fingerprint density at radius 3 is 2.67 bits per heavy atom. The van der Waals surface area contributed by atoms with Crippen molar-refractivity contribution >= 4 is 5.95 Å². The zero-order chi connectivity index (χ0) is 14.8. The number of nitrogens with one attached hydrogen (secondary N) is 1. The number of nitrogens with zero attached hydrogens (tertiary/aromatic N) is 2. The smallest absolute Gasteiger partial charge is 0.208 e. The number of rotatable bonds is 3. The van der Waals surface area contributed by atoms with Crippen molar-refractivity contribution in [3.8, 4) is 5.69 Å². The van der Waals surface area contributed by atoms with Crippen LogP contribution in [0.25, 0.3) is 5.69 Å². The molecular weight excluding hydrogens is 272 g/mol. The van der Waals surface area contributed by atoms with Crippen LogP contribution >= 0.6 is 0 Å². The first-order valence-corrected chi connectivity index (χ1v) is 7.41. The molecule has 2 aromatic rings. The number of imidazole rings is 1. The molecule has 1 saturated carbocycles. The fraction of sp³-hybridized carbons (Fsp3) is 0.438. The van der Waals surface area contributed by atoms with E-state index in [4.69, 9.17) is 0 Å². The molecule has 21 heavy (non-hydrogen) atoms. The van der Waals surface area contributed by atoms with E-state index in [2.05, 4.69) is 10.3 Å². The summed E-state index contributed by atoms with van der Waals surface area (Å²) < 4.78 is 28.7. The Balaban J connectivity index is 1.91. The number of hydrogen-bond acceptors (Lipinski definition) is 2. The highest BCUT2D eigenvalue weighted by molar-refractivity contribution is 5.44. The van der Waals surface area contributed by atoms with Gasteiger partial charge in [-0.15, -0.1) is 0 Å². The summed E-state index contributed by atoms with van der Waals surface area (Å²) in [4.78, 5) is 4.44. The molecule has 0 atom stereocenters. The second kappa shape index (κ2) is 5.84. The Labute approximate surface area is 123 Å². The van der Waals surface area contributed by atoms with Crippen molar-refractivity contribution in [3.63, 3.8) is 0 Å². The molecule has 0 unspecified atom stereocenters. The third kappa shape index (κ3) is 3.06. The van der Waals surface area contributed by atoms with Gasteiger partial charge >= 0.3 is 0 Å². The van der Waals surface area contributed by atoms with Crippen molar-refractivity contribution in [1.82, 2.24) is 9.55 Å². The lowest BCUT2D eigenvalue weighted by molar-refractivity contribution is 0.460. The third-order valence-corrected chi connectivity index (χ3v) is 3.93. The minimum atomic E-state index is -0.584. The maximum absolute atomic E-state index is 14.0. The van der Waals surface area contributed by atoms with Crippen LogP contribution < -0.4 is 5.32 Å². The molecule has 1 aromatic heterocycles. The summed E-state index contributed by atoms with van der Waals surface area (Å²) in [5, 5.41) is 3.40. The molecule has 1 heterocycles. The number of aromatic nitrogens is 2. The molecule has 5 heteroatoms. The van der Waals surface area contributed by atoms with Gasteiger partial charge in [-0.05, 0) is 31.9 Å². The predicted octanol–water partition coefficient (Wildman–Crippen LogP) is 4.20. The highest BCUT2D eigenvalue weighted by atomic mass is 19.1. The van der Waals surface area contributed by atoms with E-state index in [0.717, 1.165) is 24.6 Å². The minimum absolute atomic E-state index is 0.315. The van der Waals surface area contributed by atoms with Crippen LogP contribution in [0.2, 0.25) is 0 Å². The molecular formula is C16H19F2N3. The van der Waals surface area contributed by atoms with Gasteiger partial charge in [0.05, 0.1) is 11.4 Å². The Hall–Kier alpha value is -1.91. The summed E-state index contributed by atoms with van der Waals surface area (Å²) in [5.41, 5.74) is 1.12. The van der Waals surface area contributed by atoms with E-state index >= 15 is 0 Å². The van der Waals surface area contributed by atoms with Gasteiger partial charge in [0, 0.05) is 18.3 Å². The predicted molar refractivity (Wildman–Crippen MR) is 78.7 cm³/mol. The summed E-state index contributed by atoms with van der Waals surface area (Å²) in [7, 11) is 0. The highest BCUT2D eigenvalue weighted by Crippen LogP contribution is 2.24. The van der Waals surface area contributed by atoms with Crippen molar-refractivity contribution in [1.29, 1.82) is 0 Å². The van der Waals surface area contributed by atoms with Crippen LogP contribution in [0.4, 0.5) is 14.7 Å². The average molecular weight is 291 g/mol. The quantitative estimate of drug-likeness (QED) is 0.918. The first-order valence-electron chi connectivity index (χ1n) is 7.41. The zero-order valence-electron chi connectivity index (χ0n) is 12.1. The Morgan fingerprint density at radius 2 is 1.95 bits per heavy atom. The van der Waals surface area contributed by atoms with E-state index in [1.165, 1.54) is 31.4 Å². The second-order valence-corrected chi connectivity index (χ2v) is 5.65. The summed E-state index contributed by atoms with van der Waals surface area (Å²) >= 11 is 0. The molecule has 3 rings (SSSR count). The van der Waals surface area contributed by atoms with E-state index < -0.39 is 11.6 Å². The van der Waals surface area contributed by atoms with Crippen molar-refractivity contribution in [2.75, 3.05) is 5.32 Å². The standard InChI is InChI=1S/C16H19F2N3/c1-11-10-21(15-8-7-12(17)9-14(15)18)16(19-11)20-13-5-3-2-4-6-13/h7-10,13H,2-6H2,1H3,(H,19,20). The van der Waals surface area contributed by atoms with Gasteiger partial charge in [0.1, 0.15) is 11.6 Å². The van der Waals surface area contributed by atoms with Gasteiger partial charge in [-0.1, -0.05) is 19.3 Å². The van der Waals surface area contributed by atoms with E-state index in [0.29, 0.717) is 17.7 Å². The summed E-state index contributed by atoms with van der Waals surface area (Å²) in [5.74, 6) is -0.529. The van der Waals surface area contributed by atoms with Crippen LogP contribution in [-0.2, 0) is 0 Å². The summed E-state index contributed by atoms with van der Waals surface area (Å²) in [6.07, 6.45) is 7.68. The maximum atomic E-state index is 14.0. The van der Waals surface area contributed by atoms with Gasteiger partial charge in [-0.2, -0.15) is 0 Å². The van der Waals surface area contributed by atoms with Gasteiger partial charge in [-0.25, -0.2) is 13.8 Å². The Morgan fingerprint density at radius 1 is 1.19 bits per heavy atom. The first-order chi connectivity index (χ1) is 10.1. The van der Waals surface area contributed by atoms with Crippen molar-refractivity contribution in [2.24, 2.45) is 0 Å². The number of hydrogen-bond donors (Lipinski definition) is 1. The molecule has 0 aliphatic heterocycles. The van der Waals surface area contributed by atoms with Crippen LogP contribution in [0.5, 0.6) is 0 Å². The number of anilines is 1. The first kappa shape index (κ1) is 14.0. The van der Waals surface area contributed by atoms with Crippen molar-refractivity contribution in [3.05, 3.63) is 41.7 Å². The number of aryl methyl sites for hydroxylation is 1. The molecule has 1 aliphatic rings. The normalized spacial score (nSPS) is 16.1. The molecule has 1 aliphatic carbocycles. The van der Waals surface area contributed by atoms with E-state index in [9.17, 15) is 8.78 Å². The lowest BCUT2D eigenvalue weighted by Gasteiger charge is -2.23. The lowest BCUT2D eigenvalue weighted by atomic mass is 9.96. The molecule has 0 spiro atoms. The molecule has 1 fully saturated rings. The summed E-state index contributed by atoms with van der Waals surface area (Å²) in [6.45, 7) is 1.87. The molecule has 0 saturated heterocycles. The largest absolute Gasteiger partial charge is 0.353 e. The van der Waals surface area contributed by atoms with Crippen LogP contribution in [0.3, 0.4) is 0 Å². The number of benzene rings is 1. The SMILES string of the molecule is Cc1cn(-c2ccc(F)cc2F)c(NC2CCCCC2)n1. The molecule has 1 N–H and O–H groups in total.